The highest BCUT2D eigenvalue weighted by molar-refractivity contribution is 9.10. The molecule has 0 fully saturated rings. The van der Waals surface area contributed by atoms with E-state index in [0.29, 0.717) is 24.1 Å². The van der Waals surface area contributed by atoms with Crippen molar-refractivity contribution in [3.8, 4) is 11.5 Å². The van der Waals surface area contributed by atoms with E-state index in [1.165, 1.54) is 0 Å². The summed E-state index contributed by atoms with van der Waals surface area (Å²) in [7, 11) is 5.45. The predicted octanol–water partition coefficient (Wildman–Crippen LogP) is 4.04. The zero-order valence-electron chi connectivity index (χ0n) is 17.7. The van der Waals surface area contributed by atoms with Gasteiger partial charge < -0.3 is 30.1 Å². The van der Waals surface area contributed by atoms with Crippen LogP contribution in [0.2, 0.25) is 0 Å². The van der Waals surface area contributed by atoms with Crippen molar-refractivity contribution in [3.63, 3.8) is 0 Å². The third-order valence-corrected chi connectivity index (χ3v) is 4.81. The first kappa shape index (κ1) is 22.8. The summed E-state index contributed by atoms with van der Waals surface area (Å²) in [6.07, 6.45) is 1.14. The molecule has 1 unspecified atom stereocenters. The predicted molar refractivity (Wildman–Crippen MR) is 126 cm³/mol. The van der Waals surface area contributed by atoms with Crippen LogP contribution in [0.1, 0.15) is 0 Å². The Morgan fingerprint density at radius 3 is 2.23 bits per heavy atom. The number of hydrogen-bond donors (Lipinski definition) is 3. The quantitative estimate of drug-likeness (QED) is 0.394. The summed E-state index contributed by atoms with van der Waals surface area (Å²) in [6, 6.07) is 15.0. The molecule has 0 spiro atoms. The highest BCUT2D eigenvalue weighted by atomic mass is 79.9. The van der Waals surface area contributed by atoms with Crippen molar-refractivity contribution < 1.29 is 14.6 Å². The molecule has 8 nitrogen and oxygen atoms in total. The largest absolute Gasteiger partial charge is 0.497 e. The molecule has 164 valence electrons. The van der Waals surface area contributed by atoms with Gasteiger partial charge in [0.2, 0.25) is 5.95 Å². The molecule has 0 aliphatic heterocycles. The van der Waals surface area contributed by atoms with Crippen LogP contribution in [-0.4, -0.2) is 60.4 Å². The molecule has 2 aromatic carbocycles. The first-order valence-corrected chi connectivity index (χ1v) is 10.5. The molecule has 1 atom stereocenters. The lowest BCUT2D eigenvalue weighted by Crippen LogP contribution is -2.30. The first-order valence-electron chi connectivity index (χ1n) is 9.69. The second kappa shape index (κ2) is 10.9. The number of benzene rings is 2. The Bertz CT molecular complexity index is 968. The van der Waals surface area contributed by atoms with E-state index >= 15 is 0 Å². The Morgan fingerprint density at radius 1 is 1.00 bits per heavy atom. The Kier molecular flexibility index (Phi) is 8.05. The zero-order valence-corrected chi connectivity index (χ0v) is 19.3. The van der Waals surface area contributed by atoms with E-state index < -0.39 is 6.10 Å². The summed E-state index contributed by atoms with van der Waals surface area (Å²) in [5.74, 6) is 2.56. The summed E-state index contributed by atoms with van der Waals surface area (Å²) in [6.45, 7) is 0.786. The molecular formula is C22H26BrN5O3. The third kappa shape index (κ3) is 7.09. The van der Waals surface area contributed by atoms with Crippen molar-refractivity contribution in [1.82, 2.24) is 14.9 Å². The van der Waals surface area contributed by atoms with Gasteiger partial charge in [0.25, 0.3) is 0 Å². The number of nitrogens with zero attached hydrogens (tertiary/aromatic N) is 3. The molecule has 3 aromatic rings. The van der Waals surface area contributed by atoms with Crippen molar-refractivity contribution in [3.05, 3.63) is 59.2 Å². The number of aliphatic hydroxyl groups is 1. The molecule has 0 bridgehead atoms. The number of nitrogens with one attached hydrogen (secondary N) is 2. The van der Waals surface area contributed by atoms with Crippen LogP contribution in [0, 0.1) is 0 Å². The minimum absolute atomic E-state index is 0.237. The van der Waals surface area contributed by atoms with E-state index in [1.54, 1.807) is 13.3 Å². The molecule has 0 aliphatic carbocycles. The molecular weight excluding hydrogens is 462 g/mol. The van der Waals surface area contributed by atoms with Crippen molar-refractivity contribution in [1.29, 1.82) is 0 Å². The number of rotatable bonds is 10. The van der Waals surface area contributed by atoms with Crippen molar-refractivity contribution in [2.75, 3.05) is 45.0 Å². The first-order chi connectivity index (χ1) is 14.9. The molecule has 1 aromatic heterocycles. The van der Waals surface area contributed by atoms with Gasteiger partial charge in [0.15, 0.2) is 0 Å². The van der Waals surface area contributed by atoms with Crippen molar-refractivity contribution >= 4 is 39.1 Å². The molecule has 3 N–H and O–H groups in total. The van der Waals surface area contributed by atoms with E-state index in [0.717, 1.165) is 21.6 Å². The number of anilines is 4. The summed E-state index contributed by atoms with van der Waals surface area (Å²) in [4.78, 5) is 10.8. The fraction of sp³-hybridized carbons (Fsp3) is 0.273. The smallest absolute Gasteiger partial charge is 0.229 e. The van der Waals surface area contributed by atoms with Crippen LogP contribution in [0.25, 0.3) is 0 Å². The highest BCUT2D eigenvalue weighted by Crippen LogP contribution is 2.26. The van der Waals surface area contributed by atoms with Crippen LogP contribution in [0.15, 0.2) is 59.2 Å². The summed E-state index contributed by atoms with van der Waals surface area (Å²) < 4.78 is 11.6. The average Bonchev–Trinajstić information content (AvgIpc) is 2.75. The van der Waals surface area contributed by atoms with E-state index in [2.05, 4.69) is 36.5 Å². The van der Waals surface area contributed by atoms with Crippen LogP contribution in [0.4, 0.5) is 23.1 Å². The van der Waals surface area contributed by atoms with Gasteiger partial charge in [-0.1, -0.05) is 0 Å². The number of methoxy groups -OCH3 is 1. The molecule has 0 aliphatic rings. The summed E-state index contributed by atoms with van der Waals surface area (Å²) >= 11 is 3.47. The molecule has 0 amide bonds. The molecule has 1 heterocycles. The minimum Gasteiger partial charge on any atom is -0.497 e. The fourth-order valence-corrected chi connectivity index (χ4v) is 3.05. The van der Waals surface area contributed by atoms with Gasteiger partial charge in [-0.05, 0) is 78.6 Å². The van der Waals surface area contributed by atoms with E-state index in [4.69, 9.17) is 9.47 Å². The monoisotopic (exact) mass is 487 g/mol. The Balaban J connectivity index is 1.61. The van der Waals surface area contributed by atoms with Gasteiger partial charge in [-0.3, -0.25) is 0 Å². The fourth-order valence-electron chi connectivity index (χ4n) is 2.76. The van der Waals surface area contributed by atoms with Gasteiger partial charge in [0.05, 0.1) is 11.6 Å². The standard InChI is InChI=1S/C22H26BrN5O3/c1-28(2)13-17(29)14-31-19-10-6-16(7-11-19)26-22-24-12-20(23)21(27-22)25-15-4-8-18(30-3)9-5-15/h4-12,17,29H,13-14H2,1-3H3,(H2,24,25,26,27). The molecule has 0 saturated heterocycles. The zero-order chi connectivity index (χ0) is 22.2. The van der Waals surface area contributed by atoms with Gasteiger partial charge in [-0.25, -0.2) is 4.98 Å². The van der Waals surface area contributed by atoms with Crippen LogP contribution >= 0.6 is 15.9 Å². The molecule has 3 rings (SSSR count). The Labute approximate surface area is 190 Å². The Hall–Kier alpha value is -2.88. The maximum absolute atomic E-state index is 9.90. The normalized spacial score (nSPS) is 11.8. The molecule has 0 saturated carbocycles. The van der Waals surface area contributed by atoms with Crippen molar-refractivity contribution in [2.24, 2.45) is 0 Å². The molecule has 0 radical (unpaired) electrons. The lowest BCUT2D eigenvalue weighted by molar-refractivity contribution is 0.0831. The number of aliphatic hydroxyl groups excluding tert-OH is 1. The van der Waals surface area contributed by atoms with E-state index in [-0.39, 0.29) is 6.61 Å². The highest BCUT2D eigenvalue weighted by Gasteiger charge is 2.08. The second-order valence-corrected chi connectivity index (χ2v) is 7.97. The van der Waals surface area contributed by atoms with Crippen molar-refractivity contribution in [2.45, 2.75) is 6.10 Å². The summed E-state index contributed by atoms with van der Waals surface area (Å²) in [5, 5.41) is 16.3. The number of hydrogen-bond acceptors (Lipinski definition) is 8. The van der Waals surface area contributed by atoms with Gasteiger partial charge in [0, 0.05) is 24.1 Å². The molecule has 31 heavy (non-hydrogen) atoms. The van der Waals surface area contributed by atoms with Crippen LogP contribution in [0.3, 0.4) is 0 Å². The minimum atomic E-state index is -0.541. The SMILES string of the molecule is COc1ccc(Nc2nc(Nc3ccc(OCC(O)CN(C)C)cc3)ncc2Br)cc1. The van der Waals surface area contributed by atoms with E-state index in [9.17, 15) is 5.11 Å². The average molecular weight is 488 g/mol. The maximum Gasteiger partial charge on any atom is 0.229 e. The topological polar surface area (TPSA) is 91.8 Å². The van der Waals surface area contributed by atoms with Gasteiger partial charge in [-0.15, -0.1) is 0 Å². The lowest BCUT2D eigenvalue weighted by Gasteiger charge is -2.16. The second-order valence-electron chi connectivity index (χ2n) is 7.12. The number of halogens is 1. The number of aromatic nitrogens is 2. The maximum atomic E-state index is 9.90. The number of ether oxygens (including phenoxy) is 2. The Morgan fingerprint density at radius 2 is 1.61 bits per heavy atom. The molecule has 9 heteroatoms. The van der Waals surface area contributed by atoms with Gasteiger partial charge in [0.1, 0.15) is 30.0 Å². The number of likely N-dealkylation sites (N-methyl/N-ethyl adjacent to an activating group) is 1. The summed E-state index contributed by atoms with van der Waals surface area (Å²) in [5.41, 5.74) is 1.70. The van der Waals surface area contributed by atoms with Crippen LogP contribution in [-0.2, 0) is 0 Å². The van der Waals surface area contributed by atoms with E-state index in [1.807, 2.05) is 67.5 Å². The lowest BCUT2D eigenvalue weighted by atomic mass is 10.3. The van der Waals surface area contributed by atoms with Crippen LogP contribution < -0.4 is 20.1 Å². The van der Waals surface area contributed by atoms with Gasteiger partial charge >= 0.3 is 0 Å². The third-order valence-electron chi connectivity index (χ3n) is 4.23. The van der Waals surface area contributed by atoms with Crippen LogP contribution in [0.5, 0.6) is 11.5 Å². The van der Waals surface area contributed by atoms with Gasteiger partial charge in [-0.2, -0.15) is 4.98 Å².